The molecule has 0 radical (unpaired) electrons. The smallest absolute Gasteiger partial charge is 0.231 e. The summed E-state index contributed by atoms with van der Waals surface area (Å²) in [6.45, 7) is 1.74. The van der Waals surface area contributed by atoms with Crippen molar-refractivity contribution in [2.45, 2.75) is 6.42 Å². The molecule has 2 rings (SSSR count). The largest absolute Gasteiger partial charge is 0.368 e. The van der Waals surface area contributed by atoms with E-state index in [2.05, 4.69) is 20.3 Å². The Bertz CT molecular complexity index is 391. The molecule has 1 aromatic rings. The van der Waals surface area contributed by atoms with Crippen LogP contribution in [0.2, 0.25) is 5.28 Å². The maximum absolute atomic E-state index is 11.2. The fraction of sp³-hybridized carbons (Fsp3) is 0.500. The fourth-order valence-electron chi connectivity index (χ4n) is 1.46. The van der Waals surface area contributed by atoms with Crippen LogP contribution in [0.25, 0.3) is 0 Å². The fourth-order valence-corrected chi connectivity index (χ4v) is 1.63. The van der Waals surface area contributed by atoms with Gasteiger partial charge >= 0.3 is 0 Å². The van der Waals surface area contributed by atoms with Gasteiger partial charge in [-0.1, -0.05) is 0 Å². The van der Waals surface area contributed by atoms with E-state index in [1.54, 1.807) is 0 Å². The Morgan fingerprint density at radius 1 is 1.31 bits per heavy atom. The Hall–Kier alpha value is -1.63. The normalized spacial score (nSPS) is 16.8. The van der Waals surface area contributed by atoms with Crippen molar-refractivity contribution in [3.8, 4) is 0 Å². The summed E-state index contributed by atoms with van der Waals surface area (Å²) >= 11 is 5.69. The first-order valence-corrected chi connectivity index (χ1v) is 5.21. The molecule has 1 aliphatic rings. The van der Waals surface area contributed by atoms with E-state index in [0.29, 0.717) is 32.0 Å². The molecule has 0 unspecified atom stereocenters. The molecule has 0 saturated carbocycles. The number of amides is 1. The highest BCUT2D eigenvalue weighted by Crippen LogP contribution is 2.12. The number of carbonyl (C=O) groups is 1. The summed E-state index contributed by atoms with van der Waals surface area (Å²) in [5.74, 6) is 0.517. The van der Waals surface area contributed by atoms with E-state index in [-0.39, 0.29) is 17.1 Å². The molecular formula is C8H11ClN6O. The van der Waals surface area contributed by atoms with Crippen molar-refractivity contribution >= 4 is 29.4 Å². The van der Waals surface area contributed by atoms with Crippen LogP contribution >= 0.6 is 11.6 Å². The Balaban J connectivity index is 2.19. The lowest BCUT2D eigenvalue weighted by Gasteiger charge is -2.18. The number of nitrogens with two attached hydrogens (primary N) is 1. The SMILES string of the molecule is Nc1nc(Cl)nc(N2CCNC(=O)CC2)n1. The average Bonchev–Trinajstić information content (AvgIpc) is 2.41. The van der Waals surface area contributed by atoms with Crippen molar-refractivity contribution in [2.75, 3.05) is 30.3 Å². The van der Waals surface area contributed by atoms with Crippen molar-refractivity contribution < 1.29 is 4.79 Å². The molecule has 7 nitrogen and oxygen atoms in total. The summed E-state index contributed by atoms with van der Waals surface area (Å²) in [6, 6.07) is 0. The summed E-state index contributed by atoms with van der Waals surface area (Å²) in [7, 11) is 0. The van der Waals surface area contributed by atoms with Crippen LogP contribution in [0, 0.1) is 0 Å². The zero-order chi connectivity index (χ0) is 11.5. The highest BCUT2D eigenvalue weighted by atomic mass is 35.5. The monoisotopic (exact) mass is 242 g/mol. The lowest BCUT2D eigenvalue weighted by Crippen LogP contribution is -2.30. The van der Waals surface area contributed by atoms with E-state index < -0.39 is 0 Å². The minimum absolute atomic E-state index is 0.0237. The first-order chi connectivity index (χ1) is 7.65. The third-order valence-electron chi connectivity index (χ3n) is 2.21. The van der Waals surface area contributed by atoms with Crippen molar-refractivity contribution in [2.24, 2.45) is 0 Å². The number of rotatable bonds is 1. The van der Waals surface area contributed by atoms with Gasteiger partial charge in [-0.2, -0.15) is 15.0 Å². The van der Waals surface area contributed by atoms with E-state index in [0.717, 1.165) is 0 Å². The van der Waals surface area contributed by atoms with Gasteiger partial charge in [0.2, 0.25) is 23.1 Å². The maximum atomic E-state index is 11.2. The first-order valence-electron chi connectivity index (χ1n) is 4.84. The second-order valence-corrected chi connectivity index (χ2v) is 3.69. The van der Waals surface area contributed by atoms with Crippen LogP contribution in [0.5, 0.6) is 0 Å². The van der Waals surface area contributed by atoms with Gasteiger partial charge < -0.3 is 16.0 Å². The van der Waals surface area contributed by atoms with Gasteiger partial charge in [0.25, 0.3) is 0 Å². The molecule has 1 aromatic heterocycles. The van der Waals surface area contributed by atoms with E-state index in [9.17, 15) is 4.79 Å². The summed E-state index contributed by atoms with van der Waals surface area (Å²) in [5, 5.41) is 2.82. The van der Waals surface area contributed by atoms with Gasteiger partial charge in [0.15, 0.2) is 0 Å². The molecule has 3 N–H and O–H groups in total. The predicted octanol–water partition coefficient (Wildman–Crippen LogP) is -0.567. The Kier molecular flexibility index (Phi) is 3.04. The Labute approximate surface area is 97.0 Å². The van der Waals surface area contributed by atoms with Crippen LogP contribution in [-0.2, 0) is 4.79 Å². The first kappa shape index (κ1) is 10.9. The summed E-state index contributed by atoms with van der Waals surface area (Å²) < 4.78 is 0. The summed E-state index contributed by atoms with van der Waals surface area (Å²) in [4.78, 5) is 24.6. The number of nitrogen functional groups attached to an aromatic ring is 1. The van der Waals surface area contributed by atoms with Crippen LogP contribution < -0.4 is 16.0 Å². The molecule has 1 saturated heterocycles. The number of nitrogens with one attached hydrogen (secondary N) is 1. The second kappa shape index (κ2) is 4.48. The summed E-state index contributed by atoms with van der Waals surface area (Å²) in [5.41, 5.74) is 5.48. The lowest BCUT2D eigenvalue weighted by atomic mass is 10.4. The molecule has 0 aliphatic carbocycles. The van der Waals surface area contributed by atoms with Crippen molar-refractivity contribution in [1.29, 1.82) is 0 Å². The van der Waals surface area contributed by atoms with Gasteiger partial charge in [0, 0.05) is 26.1 Å². The molecular weight excluding hydrogens is 232 g/mol. The standard InChI is InChI=1S/C8H11ClN6O/c9-6-12-7(10)14-8(13-6)15-3-1-5(16)11-2-4-15/h1-4H2,(H,11,16)(H2,10,12,13,14). The van der Waals surface area contributed by atoms with Gasteiger partial charge in [-0.25, -0.2) is 0 Å². The highest BCUT2D eigenvalue weighted by Gasteiger charge is 2.16. The number of anilines is 2. The quantitative estimate of drug-likeness (QED) is 0.685. The molecule has 1 fully saturated rings. The molecule has 0 spiro atoms. The minimum Gasteiger partial charge on any atom is -0.368 e. The topological polar surface area (TPSA) is 97.0 Å². The van der Waals surface area contributed by atoms with Crippen LogP contribution in [0.1, 0.15) is 6.42 Å². The third kappa shape index (κ3) is 2.48. The Morgan fingerprint density at radius 3 is 2.88 bits per heavy atom. The van der Waals surface area contributed by atoms with E-state index in [4.69, 9.17) is 17.3 Å². The highest BCUT2D eigenvalue weighted by molar-refractivity contribution is 6.28. The van der Waals surface area contributed by atoms with Crippen molar-refractivity contribution in [1.82, 2.24) is 20.3 Å². The van der Waals surface area contributed by atoms with Gasteiger partial charge in [0.05, 0.1) is 0 Å². The molecule has 86 valence electrons. The van der Waals surface area contributed by atoms with Gasteiger partial charge in [-0.15, -0.1) is 0 Å². The van der Waals surface area contributed by atoms with Gasteiger partial charge in [-0.05, 0) is 11.6 Å². The molecule has 0 bridgehead atoms. The zero-order valence-corrected chi connectivity index (χ0v) is 9.24. The van der Waals surface area contributed by atoms with Crippen molar-refractivity contribution in [3.63, 3.8) is 0 Å². The van der Waals surface area contributed by atoms with Crippen LogP contribution in [-0.4, -0.2) is 40.5 Å². The maximum Gasteiger partial charge on any atom is 0.231 e. The van der Waals surface area contributed by atoms with Crippen molar-refractivity contribution in [3.05, 3.63) is 5.28 Å². The number of halogens is 1. The van der Waals surface area contributed by atoms with E-state index >= 15 is 0 Å². The van der Waals surface area contributed by atoms with Crippen LogP contribution in [0.15, 0.2) is 0 Å². The van der Waals surface area contributed by atoms with Crippen LogP contribution in [0.3, 0.4) is 0 Å². The third-order valence-corrected chi connectivity index (χ3v) is 2.38. The molecule has 1 aliphatic heterocycles. The second-order valence-electron chi connectivity index (χ2n) is 3.35. The van der Waals surface area contributed by atoms with Gasteiger partial charge in [0.1, 0.15) is 0 Å². The molecule has 0 aromatic carbocycles. The number of hydrogen-bond donors (Lipinski definition) is 2. The molecule has 8 heteroatoms. The summed E-state index contributed by atoms with van der Waals surface area (Å²) in [6.07, 6.45) is 0.406. The average molecular weight is 243 g/mol. The number of aromatic nitrogens is 3. The predicted molar refractivity (Wildman–Crippen MR) is 59.1 cm³/mol. The number of hydrogen-bond acceptors (Lipinski definition) is 6. The number of carbonyl (C=O) groups excluding carboxylic acids is 1. The molecule has 2 heterocycles. The molecule has 0 atom stereocenters. The van der Waals surface area contributed by atoms with Crippen LogP contribution in [0.4, 0.5) is 11.9 Å². The zero-order valence-electron chi connectivity index (χ0n) is 8.48. The minimum atomic E-state index is 0.0237. The van der Waals surface area contributed by atoms with Gasteiger partial charge in [-0.3, -0.25) is 4.79 Å². The lowest BCUT2D eigenvalue weighted by molar-refractivity contribution is -0.120. The van der Waals surface area contributed by atoms with E-state index in [1.807, 2.05) is 4.90 Å². The Morgan fingerprint density at radius 2 is 2.12 bits per heavy atom. The molecule has 16 heavy (non-hydrogen) atoms. The number of nitrogens with zero attached hydrogens (tertiary/aromatic N) is 4. The molecule has 1 amide bonds. The van der Waals surface area contributed by atoms with E-state index in [1.165, 1.54) is 0 Å².